The van der Waals surface area contributed by atoms with Crippen LogP contribution in [0.2, 0.25) is 41.3 Å². The van der Waals surface area contributed by atoms with E-state index in [2.05, 4.69) is 149 Å². The van der Waals surface area contributed by atoms with Crippen LogP contribution in [0.5, 0.6) is 0 Å². The number of fused-ring (bicyclic) bond motifs is 2. The van der Waals surface area contributed by atoms with Crippen LogP contribution in [-0.2, 0) is 18.1 Å². The molecule has 0 radical (unpaired) electrons. The van der Waals surface area contributed by atoms with Crippen molar-refractivity contribution >= 4 is 41.1 Å². The molecular formula is C50H80O5Si3. The van der Waals surface area contributed by atoms with Gasteiger partial charge in [0.1, 0.15) is 5.76 Å². The molecule has 0 aromatic heterocycles. The SMILES string of the molecule is C=C[C@]1(O[Si](CC)(CC)CC)[C@@H]2C(=O)/C(=C(/O)CCO[Si](c3ccccc3)(c3ccccc3)C(C)(C)C)[C@H]1[C@H](CCCCC/C=C/C)[C@H]2CCO[Si](CC)(CC)CC. The van der Waals surface area contributed by atoms with Gasteiger partial charge >= 0.3 is 0 Å². The molecule has 2 aromatic rings. The molecule has 2 aliphatic carbocycles. The summed E-state index contributed by atoms with van der Waals surface area (Å²) in [5.41, 5.74) is -0.236. The predicted octanol–water partition coefficient (Wildman–Crippen LogP) is 12.7. The smallest absolute Gasteiger partial charge is 0.261 e. The van der Waals surface area contributed by atoms with E-state index in [1.807, 2.05) is 6.08 Å². The maximum Gasteiger partial charge on any atom is 0.261 e. The summed E-state index contributed by atoms with van der Waals surface area (Å²) in [7, 11) is -6.88. The highest BCUT2D eigenvalue weighted by Crippen LogP contribution is 2.65. The molecule has 2 aliphatic rings. The number of hydrogen-bond acceptors (Lipinski definition) is 5. The van der Waals surface area contributed by atoms with E-state index < -0.39 is 30.6 Å². The Morgan fingerprint density at radius 3 is 1.76 bits per heavy atom. The van der Waals surface area contributed by atoms with Gasteiger partial charge in [0.25, 0.3) is 8.32 Å². The van der Waals surface area contributed by atoms with Crippen LogP contribution in [-0.4, -0.2) is 54.7 Å². The third-order valence-electron chi connectivity index (χ3n) is 14.7. The molecule has 0 aliphatic heterocycles. The zero-order chi connectivity index (χ0) is 42.6. The number of rotatable bonds is 25. The van der Waals surface area contributed by atoms with Gasteiger partial charge in [0, 0.05) is 31.1 Å². The summed E-state index contributed by atoms with van der Waals surface area (Å²) in [5, 5.41) is 14.6. The lowest BCUT2D eigenvalue weighted by Gasteiger charge is -2.43. The minimum Gasteiger partial charge on any atom is -0.512 e. The molecule has 8 heteroatoms. The maximum absolute atomic E-state index is 15.2. The summed E-state index contributed by atoms with van der Waals surface area (Å²) >= 11 is 0. The third-order valence-corrected chi connectivity index (χ3v) is 29.1. The van der Waals surface area contributed by atoms with Gasteiger partial charge in [-0.1, -0.05) is 154 Å². The van der Waals surface area contributed by atoms with Gasteiger partial charge in [-0.2, -0.15) is 0 Å². The van der Waals surface area contributed by atoms with E-state index in [-0.39, 0.29) is 46.7 Å². The fourth-order valence-corrected chi connectivity index (χ4v) is 21.3. The summed E-state index contributed by atoms with van der Waals surface area (Å²) in [4.78, 5) is 15.2. The highest BCUT2D eigenvalue weighted by Gasteiger charge is 2.70. The summed E-state index contributed by atoms with van der Waals surface area (Å²) in [6, 6.07) is 27.6. The second-order valence-corrected chi connectivity index (χ2v) is 32.0. The van der Waals surface area contributed by atoms with Crippen LogP contribution in [0.4, 0.5) is 0 Å². The van der Waals surface area contributed by atoms with Crippen molar-refractivity contribution < 1.29 is 23.2 Å². The van der Waals surface area contributed by atoms with Gasteiger partial charge in [0.2, 0.25) is 0 Å². The molecule has 0 saturated heterocycles. The van der Waals surface area contributed by atoms with Crippen LogP contribution in [0.25, 0.3) is 0 Å². The van der Waals surface area contributed by atoms with Crippen LogP contribution in [0.3, 0.4) is 0 Å². The Labute approximate surface area is 357 Å². The summed E-state index contributed by atoms with van der Waals surface area (Å²) in [6.07, 6.45) is 13.0. The molecule has 4 rings (SSSR count). The summed E-state index contributed by atoms with van der Waals surface area (Å²) in [6.45, 7) is 28.1. The molecular weight excluding hydrogens is 765 g/mol. The molecule has 2 saturated carbocycles. The van der Waals surface area contributed by atoms with E-state index in [4.69, 9.17) is 13.3 Å². The van der Waals surface area contributed by atoms with Crippen molar-refractivity contribution in [2.45, 2.75) is 161 Å². The van der Waals surface area contributed by atoms with Crippen molar-refractivity contribution in [3.8, 4) is 0 Å². The van der Waals surface area contributed by atoms with Crippen molar-refractivity contribution in [2.24, 2.45) is 23.7 Å². The van der Waals surface area contributed by atoms with Gasteiger partial charge in [0.15, 0.2) is 22.4 Å². The van der Waals surface area contributed by atoms with Gasteiger partial charge in [-0.25, -0.2) is 0 Å². The first kappa shape index (κ1) is 48.3. The van der Waals surface area contributed by atoms with Gasteiger partial charge in [-0.05, 0) is 96.1 Å². The van der Waals surface area contributed by atoms with Crippen LogP contribution in [0.15, 0.2) is 96.8 Å². The fraction of sp³-hybridized carbons (Fsp3) is 0.620. The van der Waals surface area contributed by atoms with Crippen LogP contribution in [0.1, 0.15) is 114 Å². The number of benzene rings is 2. The Bertz CT molecular complexity index is 1590. The molecule has 58 heavy (non-hydrogen) atoms. The first-order valence-corrected chi connectivity index (χ1v) is 30.1. The van der Waals surface area contributed by atoms with Gasteiger partial charge in [-0.3, -0.25) is 4.79 Å². The quantitative estimate of drug-likeness (QED) is 0.0355. The van der Waals surface area contributed by atoms with Gasteiger partial charge in [0.05, 0.1) is 11.5 Å². The Morgan fingerprint density at radius 1 is 0.741 bits per heavy atom. The molecule has 0 amide bonds. The zero-order valence-electron chi connectivity index (χ0n) is 38.2. The molecule has 0 spiro atoms. The predicted molar refractivity (Wildman–Crippen MR) is 254 cm³/mol. The largest absolute Gasteiger partial charge is 0.512 e. The second-order valence-electron chi connectivity index (χ2n) is 18.3. The number of allylic oxidation sites excluding steroid dienone is 2. The number of ketones is 1. The molecule has 5 atom stereocenters. The number of aliphatic hydroxyl groups is 1. The van der Waals surface area contributed by atoms with Crippen molar-refractivity contribution in [2.75, 3.05) is 13.2 Å². The lowest BCUT2D eigenvalue weighted by Crippen LogP contribution is -2.66. The molecule has 0 heterocycles. The van der Waals surface area contributed by atoms with E-state index in [9.17, 15) is 5.11 Å². The minimum atomic E-state index is -2.84. The first-order chi connectivity index (χ1) is 27.8. The molecule has 2 aromatic carbocycles. The fourth-order valence-electron chi connectivity index (χ4n) is 11.0. The highest BCUT2D eigenvalue weighted by molar-refractivity contribution is 6.99. The van der Waals surface area contributed by atoms with Crippen molar-refractivity contribution in [3.05, 3.63) is 96.8 Å². The monoisotopic (exact) mass is 845 g/mol. The number of aliphatic hydroxyl groups excluding tert-OH is 1. The standard InChI is InChI=1S/C50H80O5Si3/c1-12-20-21-22-23-30-35-42-43(36-38-53-56(14-3,15-4)16-5)47-48(52)45(46(42)50(47,13-2)55-57(17-6,18-7)19-8)44(51)37-39-54-58(49(9,10)11,40-31-26-24-27-32-40)41-33-28-25-29-34-41/h12-13,20,24-29,31-34,42-43,46-47,51H,2,14-19,21-23,30,35-39H2,1,3-11H3/b20-12+,45-44+/t42-,43-,46-,47+,50-/m1/s1. The maximum atomic E-state index is 15.2. The number of hydrogen-bond donors (Lipinski definition) is 1. The zero-order valence-corrected chi connectivity index (χ0v) is 41.2. The molecule has 2 fully saturated rings. The number of Topliss-reactive ketones (excluding diaryl/α,β-unsaturated/α-hetero) is 1. The van der Waals surface area contributed by atoms with E-state index in [0.717, 1.165) is 74.8 Å². The molecule has 1 N–H and O–H groups in total. The lowest BCUT2D eigenvalue weighted by atomic mass is 9.72. The normalized spacial score (nSPS) is 23.6. The number of carbonyl (C=O) groups is 1. The van der Waals surface area contributed by atoms with E-state index in [1.54, 1.807) is 0 Å². The minimum absolute atomic E-state index is 0.0679. The van der Waals surface area contributed by atoms with Crippen LogP contribution >= 0.6 is 0 Å². The topological polar surface area (TPSA) is 65.0 Å². The van der Waals surface area contributed by atoms with Crippen molar-refractivity contribution in [3.63, 3.8) is 0 Å². The lowest BCUT2D eigenvalue weighted by molar-refractivity contribution is -0.123. The van der Waals surface area contributed by atoms with Crippen molar-refractivity contribution in [1.82, 2.24) is 0 Å². The second kappa shape index (κ2) is 21.4. The molecule has 2 bridgehead atoms. The van der Waals surface area contributed by atoms with E-state index in [1.165, 1.54) is 10.4 Å². The van der Waals surface area contributed by atoms with Crippen LogP contribution in [0, 0.1) is 23.7 Å². The highest BCUT2D eigenvalue weighted by atomic mass is 28.4. The van der Waals surface area contributed by atoms with Crippen LogP contribution < -0.4 is 10.4 Å². The average molecular weight is 845 g/mol. The molecule has 322 valence electrons. The summed E-state index contributed by atoms with van der Waals surface area (Å²) < 4.78 is 21.8. The van der Waals surface area contributed by atoms with Gasteiger partial charge in [-0.15, -0.1) is 6.58 Å². The Hall–Kier alpha value is -2.34. The number of carbonyl (C=O) groups excluding carboxylic acids is 1. The van der Waals surface area contributed by atoms with E-state index >= 15 is 4.79 Å². The molecule has 0 unspecified atom stereocenters. The third kappa shape index (κ3) is 9.73. The Balaban J connectivity index is 1.80. The first-order valence-electron chi connectivity index (χ1n) is 23.1. The Kier molecular flexibility index (Phi) is 17.9. The summed E-state index contributed by atoms with van der Waals surface area (Å²) in [5.74, 6) is -0.0520. The Morgan fingerprint density at radius 2 is 1.28 bits per heavy atom. The van der Waals surface area contributed by atoms with Gasteiger partial charge < -0.3 is 18.4 Å². The molecule has 5 nitrogen and oxygen atoms in total. The van der Waals surface area contributed by atoms with Crippen molar-refractivity contribution in [1.29, 1.82) is 0 Å². The van der Waals surface area contributed by atoms with E-state index in [0.29, 0.717) is 18.8 Å². The number of unbranched alkanes of at least 4 members (excludes halogenated alkanes) is 3. The average Bonchev–Trinajstić information content (AvgIpc) is 3.64.